The van der Waals surface area contributed by atoms with Crippen molar-refractivity contribution in [3.8, 4) is 5.75 Å². The van der Waals surface area contributed by atoms with Crippen LogP contribution in [0.2, 0.25) is 0 Å². The molecule has 3 aromatic rings. The minimum atomic E-state index is -0.455. The summed E-state index contributed by atoms with van der Waals surface area (Å²) in [6, 6.07) is 12.3. The third-order valence-electron chi connectivity index (χ3n) is 4.08. The van der Waals surface area contributed by atoms with Gasteiger partial charge in [0.25, 0.3) is 5.91 Å². The number of aromatic nitrogens is 1. The number of hydrogen-bond acceptors (Lipinski definition) is 3. The van der Waals surface area contributed by atoms with Crippen molar-refractivity contribution in [2.45, 2.75) is 6.54 Å². The van der Waals surface area contributed by atoms with Gasteiger partial charge in [0.15, 0.2) is 11.6 Å². The van der Waals surface area contributed by atoms with E-state index in [1.54, 1.807) is 11.1 Å². The third-order valence-corrected chi connectivity index (χ3v) is 4.08. The van der Waals surface area contributed by atoms with Gasteiger partial charge in [0.2, 0.25) is 0 Å². The van der Waals surface area contributed by atoms with Crippen LogP contribution in [-0.2, 0) is 6.54 Å². The maximum Gasteiger partial charge on any atom is 0.259 e. The zero-order valence-corrected chi connectivity index (χ0v) is 12.4. The molecular formula is C18H13FN2O2. The molecule has 0 N–H and O–H groups in total. The first-order valence-corrected chi connectivity index (χ1v) is 7.20. The first-order chi connectivity index (χ1) is 11.2. The standard InChI is InChI=1S/C18H13FN2O2/c1-23-17-9-14-12(8-15(17)19)10-21(18(14)22)13-4-5-16-11(7-13)3-2-6-20-16/h2-9H,10H2,1H3. The Balaban J connectivity index is 1.77. The predicted molar refractivity (Wildman–Crippen MR) is 85.2 cm³/mol. The summed E-state index contributed by atoms with van der Waals surface area (Å²) in [5.41, 5.74) is 2.79. The number of anilines is 1. The second kappa shape index (κ2) is 5.05. The van der Waals surface area contributed by atoms with Crippen LogP contribution in [0.25, 0.3) is 10.9 Å². The summed E-state index contributed by atoms with van der Waals surface area (Å²) in [6.07, 6.45) is 1.73. The van der Waals surface area contributed by atoms with Crippen molar-refractivity contribution in [3.63, 3.8) is 0 Å². The molecule has 4 rings (SSSR count). The first-order valence-electron chi connectivity index (χ1n) is 7.20. The molecule has 0 bridgehead atoms. The molecule has 0 saturated carbocycles. The molecule has 0 radical (unpaired) electrons. The third kappa shape index (κ3) is 2.12. The lowest BCUT2D eigenvalue weighted by Crippen LogP contribution is -2.22. The number of hydrogen-bond donors (Lipinski definition) is 0. The molecular weight excluding hydrogens is 295 g/mol. The van der Waals surface area contributed by atoms with Crippen LogP contribution in [-0.4, -0.2) is 18.0 Å². The van der Waals surface area contributed by atoms with E-state index < -0.39 is 5.82 Å². The van der Waals surface area contributed by atoms with Crippen LogP contribution < -0.4 is 9.64 Å². The summed E-state index contributed by atoms with van der Waals surface area (Å²) in [4.78, 5) is 18.6. The van der Waals surface area contributed by atoms with Crippen LogP contribution in [0, 0.1) is 5.82 Å². The van der Waals surface area contributed by atoms with Crippen molar-refractivity contribution in [1.82, 2.24) is 4.98 Å². The van der Waals surface area contributed by atoms with E-state index in [-0.39, 0.29) is 11.7 Å². The Morgan fingerprint density at radius 1 is 1.22 bits per heavy atom. The van der Waals surface area contributed by atoms with Crippen molar-refractivity contribution < 1.29 is 13.9 Å². The predicted octanol–water partition coefficient (Wildman–Crippen LogP) is 3.54. The van der Waals surface area contributed by atoms with E-state index in [0.29, 0.717) is 17.7 Å². The molecule has 0 atom stereocenters. The van der Waals surface area contributed by atoms with Crippen LogP contribution in [0.4, 0.5) is 10.1 Å². The van der Waals surface area contributed by atoms with E-state index in [4.69, 9.17) is 4.74 Å². The van der Waals surface area contributed by atoms with Crippen molar-refractivity contribution in [2.24, 2.45) is 0 Å². The summed E-state index contributed by atoms with van der Waals surface area (Å²) < 4.78 is 18.8. The van der Waals surface area contributed by atoms with E-state index in [0.717, 1.165) is 16.6 Å². The quantitative estimate of drug-likeness (QED) is 0.727. The number of rotatable bonds is 2. The Morgan fingerprint density at radius 2 is 2.09 bits per heavy atom. The number of carbonyl (C=O) groups excluding carboxylic acids is 1. The van der Waals surface area contributed by atoms with E-state index >= 15 is 0 Å². The highest BCUT2D eigenvalue weighted by molar-refractivity contribution is 6.10. The molecule has 1 amide bonds. The fourth-order valence-electron chi connectivity index (χ4n) is 2.91. The van der Waals surface area contributed by atoms with Gasteiger partial charge in [-0.25, -0.2) is 4.39 Å². The normalized spacial score (nSPS) is 13.5. The smallest absolute Gasteiger partial charge is 0.259 e. The summed E-state index contributed by atoms with van der Waals surface area (Å²) in [5, 5.41) is 0.956. The monoisotopic (exact) mass is 308 g/mol. The molecule has 4 nitrogen and oxygen atoms in total. The first kappa shape index (κ1) is 13.7. The van der Waals surface area contributed by atoms with Gasteiger partial charge in [-0.2, -0.15) is 0 Å². The molecule has 0 unspecified atom stereocenters. The number of fused-ring (bicyclic) bond motifs is 2. The number of nitrogens with zero attached hydrogens (tertiary/aromatic N) is 2. The van der Waals surface area contributed by atoms with Gasteiger partial charge in [0.05, 0.1) is 19.2 Å². The maximum absolute atomic E-state index is 13.8. The highest BCUT2D eigenvalue weighted by Gasteiger charge is 2.30. The Bertz CT molecular complexity index is 939. The number of pyridine rings is 1. The molecule has 1 aliphatic rings. The zero-order valence-electron chi connectivity index (χ0n) is 12.4. The van der Waals surface area contributed by atoms with Crippen molar-refractivity contribution in [1.29, 1.82) is 0 Å². The number of benzene rings is 2. The van der Waals surface area contributed by atoms with Crippen molar-refractivity contribution >= 4 is 22.5 Å². The highest BCUT2D eigenvalue weighted by Crippen LogP contribution is 2.33. The zero-order chi connectivity index (χ0) is 16.0. The topological polar surface area (TPSA) is 42.4 Å². The molecule has 1 aromatic heterocycles. The van der Waals surface area contributed by atoms with E-state index in [1.165, 1.54) is 19.2 Å². The average molecular weight is 308 g/mol. The maximum atomic E-state index is 13.8. The summed E-state index contributed by atoms with van der Waals surface area (Å²) in [6.45, 7) is 0.348. The lowest BCUT2D eigenvalue weighted by molar-refractivity contribution is 0.0996. The number of halogens is 1. The molecule has 2 aromatic carbocycles. The summed E-state index contributed by atoms with van der Waals surface area (Å²) in [7, 11) is 1.39. The molecule has 5 heteroatoms. The van der Waals surface area contributed by atoms with Gasteiger partial charge >= 0.3 is 0 Å². The van der Waals surface area contributed by atoms with Gasteiger partial charge in [-0.1, -0.05) is 6.07 Å². The van der Waals surface area contributed by atoms with Gasteiger partial charge in [0, 0.05) is 22.8 Å². The van der Waals surface area contributed by atoms with Gasteiger partial charge in [-0.3, -0.25) is 9.78 Å². The molecule has 2 heterocycles. The molecule has 0 spiro atoms. The number of methoxy groups -OCH3 is 1. The van der Waals surface area contributed by atoms with Crippen molar-refractivity contribution in [2.75, 3.05) is 12.0 Å². The lowest BCUT2D eigenvalue weighted by Gasteiger charge is -2.16. The van der Waals surface area contributed by atoms with Gasteiger partial charge < -0.3 is 9.64 Å². The van der Waals surface area contributed by atoms with Crippen LogP contribution in [0.1, 0.15) is 15.9 Å². The number of amides is 1. The molecule has 0 saturated heterocycles. The van der Waals surface area contributed by atoms with Gasteiger partial charge in [0.1, 0.15) is 0 Å². The molecule has 1 aliphatic heterocycles. The van der Waals surface area contributed by atoms with E-state index in [2.05, 4.69) is 4.98 Å². The Morgan fingerprint density at radius 3 is 2.91 bits per heavy atom. The Labute approximate surface area is 132 Å². The molecule has 0 fully saturated rings. The summed E-state index contributed by atoms with van der Waals surface area (Å²) in [5.74, 6) is -0.521. The van der Waals surface area contributed by atoms with Crippen LogP contribution >= 0.6 is 0 Å². The van der Waals surface area contributed by atoms with Crippen LogP contribution in [0.5, 0.6) is 5.75 Å². The van der Waals surface area contributed by atoms with Gasteiger partial charge in [-0.15, -0.1) is 0 Å². The SMILES string of the molecule is COc1cc2c(cc1F)CN(c1ccc3ncccc3c1)C2=O. The van der Waals surface area contributed by atoms with Crippen LogP contribution in [0.3, 0.4) is 0 Å². The van der Waals surface area contributed by atoms with Crippen LogP contribution in [0.15, 0.2) is 48.7 Å². The Hall–Kier alpha value is -2.95. The molecule has 114 valence electrons. The average Bonchev–Trinajstić information content (AvgIpc) is 2.89. The fourth-order valence-corrected chi connectivity index (χ4v) is 2.91. The minimum absolute atomic E-state index is 0.0849. The molecule has 0 aliphatic carbocycles. The van der Waals surface area contributed by atoms with E-state index in [1.807, 2.05) is 30.3 Å². The second-order valence-corrected chi connectivity index (χ2v) is 5.42. The highest BCUT2D eigenvalue weighted by atomic mass is 19.1. The number of ether oxygens (including phenoxy) is 1. The lowest BCUT2D eigenvalue weighted by atomic mass is 10.1. The fraction of sp³-hybridized carbons (Fsp3) is 0.111. The van der Waals surface area contributed by atoms with Gasteiger partial charge in [-0.05, 0) is 42.0 Å². The van der Waals surface area contributed by atoms with E-state index in [9.17, 15) is 9.18 Å². The molecule has 23 heavy (non-hydrogen) atoms. The largest absolute Gasteiger partial charge is 0.494 e. The number of carbonyl (C=O) groups is 1. The Kier molecular flexibility index (Phi) is 3.01. The second-order valence-electron chi connectivity index (χ2n) is 5.42. The van der Waals surface area contributed by atoms with Crippen molar-refractivity contribution in [3.05, 3.63) is 65.6 Å². The summed E-state index contributed by atoms with van der Waals surface area (Å²) >= 11 is 0. The minimum Gasteiger partial charge on any atom is -0.494 e.